The Hall–Kier alpha value is -3.27. The van der Waals surface area contributed by atoms with E-state index in [1.54, 1.807) is 0 Å². The van der Waals surface area contributed by atoms with E-state index in [2.05, 4.69) is 22.1 Å². The fourth-order valence-electron chi connectivity index (χ4n) is 2.91. The van der Waals surface area contributed by atoms with Crippen LogP contribution < -0.4 is 4.74 Å². The molecule has 0 aliphatic rings. The summed E-state index contributed by atoms with van der Waals surface area (Å²) < 4.78 is 5.81. The molecule has 0 amide bonds. The van der Waals surface area contributed by atoms with E-state index >= 15 is 0 Å². The molecular formula is C26H29N3O. The Morgan fingerprint density at radius 2 is 1.30 bits per heavy atom. The summed E-state index contributed by atoms with van der Waals surface area (Å²) in [4.78, 5) is 4.53. The standard InChI is InChI=1S/C26H29N3O/c1-2-3-4-5-9-20-30-26-18-12-22(13-19-26)21-27-23-14-16-25(17-15-23)29-28-24-10-7-6-8-11-24/h6-8,10-19,21H,2-5,9,20H2,1H3. The van der Waals surface area contributed by atoms with Gasteiger partial charge in [0, 0.05) is 6.21 Å². The predicted octanol–water partition coefficient (Wildman–Crippen LogP) is 8.20. The molecule has 0 N–H and O–H groups in total. The Kier molecular flexibility index (Phi) is 8.81. The van der Waals surface area contributed by atoms with Gasteiger partial charge in [-0.3, -0.25) is 4.99 Å². The lowest BCUT2D eigenvalue weighted by Crippen LogP contribution is -1.97. The molecule has 4 nitrogen and oxygen atoms in total. The van der Waals surface area contributed by atoms with Crippen molar-refractivity contribution in [2.24, 2.45) is 15.2 Å². The van der Waals surface area contributed by atoms with E-state index in [0.717, 1.165) is 41.4 Å². The quantitative estimate of drug-likeness (QED) is 0.182. The average Bonchev–Trinajstić information content (AvgIpc) is 2.81. The molecule has 0 atom stereocenters. The van der Waals surface area contributed by atoms with Gasteiger partial charge in [0.25, 0.3) is 0 Å². The van der Waals surface area contributed by atoms with Crippen LogP contribution in [0.25, 0.3) is 0 Å². The number of azo groups is 1. The van der Waals surface area contributed by atoms with Crippen LogP contribution in [0.2, 0.25) is 0 Å². The Morgan fingerprint density at radius 1 is 0.667 bits per heavy atom. The number of hydrogen-bond donors (Lipinski definition) is 0. The van der Waals surface area contributed by atoms with Crippen molar-refractivity contribution in [3.8, 4) is 5.75 Å². The maximum absolute atomic E-state index is 5.81. The lowest BCUT2D eigenvalue weighted by atomic mass is 10.2. The molecular weight excluding hydrogens is 370 g/mol. The van der Waals surface area contributed by atoms with Crippen LogP contribution in [0.15, 0.2) is 94.1 Å². The van der Waals surface area contributed by atoms with Gasteiger partial charge in [-0.1, -0.05) is 50.8 Å². The van der Waals surface area contributed by atoms with Gasteiger partial charge < -0.3 is 4.74 Å². The van der Waals surface area contributed by atoms with Crippen LogP contribution in [0.5, 0.6) is 5.75 Å². The predicted molar refractivity (Wildman–Crippen MR) is 125 cm³/mol. The van der Waals surface area contributed by atoms with Crippen LogP contribution in [-0.4, -0.2) is 12.8 Å². The Labute approximate surface area is 179 Å². The topological polar surface area (TPSA) is 46.3 Å². The second-order valence-corrected chi connectivity index (χ2v) is 7.14. The fraction of sp³-hybridized carbons (Fsp3) is 0.269. The molecule has 3 aromatic carbocycles. The summed E-state index contributed by atoms with van der Waals surface area (Å²) in [6, 6.07) is 25.4. The van der Waals surface area contributed by atoms with Gasteiger partial charge >= 0.3 is 0 Å². The molecule has 0 saturated heterocycles. The van der Waals surface area contributed by atoms with E-state index in [1.807, 2.05) is 85.1 Å². The van der Waals surface area contributed by atoms with Crippen LogP contribution in [0.4, 0.5) is 17.1 Å². The molecule has 30 heavy (non-hydrogen) atoms. The zero-order valence-corrected chi connectivity index (χ0v) is 17.6. The Bertz CT molecular complexity index is 917. The van der Waals surface area contributed by atoms with Gasteiger partial charge in [-0.25, -0.2) is 0 Å². The molecule has 4 heteroatoms. The molecule has 154 valence electrons. The highest BCUT2D eigenvalue weighted by Crippen LogP contribution is 2.21. The highest BCUT2D eigenvalue weighted by Gasteiger charge is 1.96. The lowest BCUT2D eigenvalue weighted by molar-refractivity contribution is 0.304. The molecule has 3 rings (SSSR count). The number of rotatable bonds is 11. The van der Waals surface area contributed by atoms with E-state index in [9.17, 15) is 0 Å². The van der Waals surface area contributed by atoms with Gasteiger partial charge in [-0.15, -0.1) is 0 Å². The zero-order valence-electron chi connectivity index (χ0n) is 17.6. The van der Waals surface area contributed by atoms with Crippen LogP contribution in [-0.2, 0) is 0 Å². The first-order valence-corrected chi connectivity index (χ1v) is 10.7. The molecule has 0 spiro atoms. The summed E-state index contributed by atoms with van der Waals surface area (Å²) in [6.07, 6.45) is 8.10. The third kappa shape index (κ3) is 7.63. The molecule has 0 aliphatic heterocycles. The number of ether oxygens (including phenoxy) is 1. The minimum Gasteiger partial charge on any atom is -0.494 e. The monoisotopic (exact) mass is 399 g/mol. The van der Waals surface area contributed by atoms with Crippen molar-refractivity contribution in [3.05, 3.63) is 84.4 Å². The normalized spacial score (nSPS) is 11.4. The maximum Gasteiger partial charge on any atom is 0.119 e. The number of unbranched alkanes of at least 4 members (excludes halogenated alkanes) is 4. The highest BCUT2D eigenvalue weighted by atomic mass is 16.5. The SMILES string of the molecule is CCCCCCCOc1ccc(C=Nc2ccc(N=Nc3ccccc3)cc2)cc1. The van der Waals surface area contributed by atoms with Crippen molar-refractivity contribution in [1.29, 1.82) is 0 Å². The second kappa shape index (κ2) is 12.3. The van der Waals surface area contributed by atoms with Crippen LogP contribution in [0, 0.1) is 0 Å². The molecule has 0 unspecified atom stereocenters. The number of hydrogen-bond acceptors (Lipinski definition) is 4. The third-order valence-corrected chi connectivity index (χ3v) is 4.65. The Balaban J connectivity index is 1.46. The summed E-state index contributed by atoms with van der Waals surface area (Å²) >= 11 is 0. The van der Waals surface area contributed by atoms with Crippen LogP contribution in [0.3, 0.4) is 0 Å². The molecule has 0 saturated carbocycles. The van der Waals surface area contributed by atoms with Crippen molar-refractivity contribution in [2.75, 3.05) is 6.61 Å². The first-order valence-electron chi connectivity index (χ1n) is 10.7. The van der Waals surface area contributed by atoms with Gasteiger partial charge in [0.2, 0.25) is 0 Å². The van der Waals surface area contributed by atoms with E-state index < -0.39 is 0 Å². The minimum absolute atomic E-state index is 0.783. The first kappa shape index (κ1) is 21.4. The van der Waals surface area contributed by atoms with E-state index in [1.165, 1.54) is 25.7 Å². The van der Waals surface area contributed by atoms with Crippen molar-refractivity contribution < 1.29 is 4.74 Å². The summed E-state index contributed by atoms with van der Waals surface area (Å²) in [7, 11) is 0. The molecule has 0 radical (unpaired) electrons. The van der Waals surface area contributed by atoms with Crippen LogP contribution >= 0.6 is 0 Å². The average molecular weight is 400 g/mol. The van der Waals surface area contributed by atoms with Gasteiger partial charge in [-0.05, 0) is 72.6 Å². The number of benzene rings is 3. The van der Waals surface area contributed by atoms with Gasteiger partial charge in [-0.2, -0.15) is 10.2 Å². The maximum atomic E-state index is 5.81. The summed E-state index contributed by atoms with van der Waals surface area (Å²) in [5.41, 5.74) is 3.55. The largest absolute Gasteiger partial charge is 0.494 e. The summed E-state index contributed by atoms with van der Waals surface area (Å²) in [5.74, 6) is 0.913. The number of nitrogens with zero attached hydrogens (tertiary/aromatic N) is 3. The fourth-order valence-corrected chi connectivity index (χ4v) is 2.91. The van der Waals surface area contributed by atoms with Gasteiger partial charge in [0.05, 0.1) is 23.7 Å². The Morgan fingerprint density at radius 3 is 2.00 bits per heavy atom. The van der Waals surface area contributed by atoms with Gasteiger partial charge in [0.1, 0.15) is 5.75 Å². The minimum atomic E-state index is 0.783. The molecule has 0 heterocycles. The van der Waals surface area contributed by atoms with Crippen molar-refractivity contribution in [2.45, 2.75) is 39.0 Å². The number of aliphatic imine (C=N–C) groups is 1. The van der Waals surface area contributed by atoms with Crippen molar-refractivity contribution in [3.63, 3.8) is 0 Å². The van der Waals surface area contributed by atoms with Crippen molar-refractivity contribution >= 4 is 23.3 Å². The second-order valence-electron chi connectivity index (χ2n) is 7.14. The first-order chi connectivity index (χ1) is 14.8. The van der Waals surface area contributed by atoms with Crippen molar-refractivity contribution in [1.82, 2.24) is 0 Å². The van der Waals surface area contributed by atoms with E-state index in [-0.39, 0.29) is 0 Å². The highest BCUT2D eigenvalue weighted by molar-refractivity contribution is 5.82. The van der Waals surface area contributed by atoms with E-state index in [0.29, 0.717) is 0 Å². The third-order valence-electron chi connectivity index (χ3n) is 4.65. The summed E-state index contributed by atoms with van der Waals surface area (Å²) in [6.45, 7) is 3.01. The molecule has 0 bridgehead atoms. The lowest BCUT2D eigenvalue weighted by Gasteiger charge is -2.06. The van der Waals surface area contributed by atoms with E-state index in [4.69, 9.17) is 4.74 Å². The van der Waals surface area contributed by atoms with Crippen LogP contribution in [0.1, 0.15) is 44.6 Å². The molecule has 3 aromatic rings. The molecule has 0 aliphatic carbocycles. The zero-order chi connectivity index (χ0) is 20.9. The van der Waals surface area contributed by atoms with Gasteiger partial charge in [0.15, 0.2) is 0 Å². The smallest absolute Gasteiger partial charge is 0.119 e. The molecule has 0 aromatic heterocycles. The summed E-state index contributed by atoms with van der Waals surface area (Å²) in [5, 5.41) is 8.47. The molecule has 0 fully saturated rings.